The lowest BCUT2D eigenvalue weighted by atomic mass is 10.1. The van der Waals surface area contributed by atoms with Crippen molar-refractivity contribution in [3.05, 3.63) is 59.4 Å². The van der Waals surface area contributed by atoms with E-state index in [2.05, 4.69) is 9.97 Å². The van der Waals surface area contributed by atoms with Crippen LogP contribution in [0.5, 0.6) is 5.75 Å². The van der Waals surface area contributed by atoms with Crippen molar-refractivity contribution in [1.82, 2.24) is 9.97 Å². The van der Waals surface area contributed by atoms with E-state index in [-0.39, 0.29) is 17.3 Å². The number of nitrogens with zero attached hydrogens (tertiary/aromatic N) is 2. The quantitative estimate of drug-likeness (QED) is 0.752. The molecule has 3 N–H and O–H groups in total. The molecule has 0 saturated carbocycles. The van der Waals surface area contributed by atoms with Gasteiger partial charge in [-0.25, -0.2) is 14.4 Å². The van der Waals surface area contributed by atoms with Crippen LogP contribution in [-0.2, 0) is 0 Å². The smallest absolute Gasteiger partial charge is 0.221 e. The fraction of sp³-hybridized carbons (Fsp3) is 0. The van der Waals surface area contributed by atoms with Gasteiger partial charge in [-0.1, -0.05) is 23.7 Å². The summed E-state index contributed by atoms with van der Waals surface area (Å²) in [5, 5.41) is 10.5. The van der Waals surface area contributed by atoms with Gasteiger partial charge in [0.05, 0.1) is 11.4 Å². The van der Waals surface area contributed by atoms with E-state index in [0.29, 0.717) is 16.4 Å². The molecule has 0 amide bonds. The number of anilines is 1. The van der Waals surface area contributed by atoms with Crippen molar-refractivity contribution >= 4 is 17.5 Å². The van der Waals surface area contributed by atoms with Crippen LogP contribution in [0.4, 0.5) is 10.3 Å². The van der Waals surface area contributed by atoms with E-state index >= 15 is 0 Å². The highest BCUT2D eigenvalue weighted by molar-refractivity contribution is 6.30. The topological polar surface area (TPSA) is 72.0 Å². The Morgan fingerprint density at radius 3 is 2.36 bits per heavy atom. The monoisotopic (exact) mass is 315 g/mol. The average molecular weight is 316 g/mol. The van der Waals surface area contributed by atoms with Gasteiger partial charge in [-0.2, -0.15) is 0 Å². The summed E-state index contributed by atoms with van der Waals surface area (Å²) in [6.07, 6.45) is 0. The number of nitrogen functional groups attached to an aromatic ring is 1. The zero-order chi connectivity index (χ0) is 15.7. The van der Waals surface area contributed by atoms with Crippen LogP contribution in [0.25, 0.3) is 22.5 Å². The first kappa shape index (κ1) is 14.3. The predicted octanol–water partition coefficient (Wildman–Crippen LogP) is 3.89. The molecule has 0 fully saturated rings. The van der Waals surface area contributed by atoms with Gasteiger partial charge in [0.1, 0.15) is 11.6 Å². The zero-order valence-corrected chi connectivity index (χ0v) is 12.0. The van der Waals surface area contributed by atoms with Gasteiger partial charge in [0, 0.05) is 16.1 Å². The third-order valence-corrected chi connectivity index (χ3v) is 3.37. The van der Waals surface area contributed by atoms with Crippen molar-refractivity contribution in [2.75, 3.05) is 5.73 Å². The van der Waals surface area contributed by atoms with Gasteiger partial charge in [0.15, 0.2) is 0 Å². The van der Waals surface area contributed by atoms with Crippen LogP contribution in [0.2, 0.25) is 5.02 Å². The molecule has 6 heteroatoms. The van der Waals surface area contributed by atoms with Gasteiger partial charge in [-0.05, 0) is 36.4 Å². The van der Waals surface area contributed by atoms with E-state index in [1.54, 1.807) is 30.3 Å². The maximum atomic E-state index is 13.4. The van der Waals surface area contributed by atoms with Crippen LogP contribution in [0.15, 0.2) is 48.5 Å². The van der Waals surface area contributed by atoms with Gasteiger partial charge in [-0.15, -0.1) is 0 Å². The standard InChI is InChI=1S/C16H11ClFN3O/c17-10-3-1-9(2-4-10)13-8-14(21-16(19)20-13)12-7-11(18)5-6-15(12)22/h1-8,22H,(H2,19,20,21). The van der Waals surface area contributed by atoms with Crippen molar-refractivity contribution in [3.63, 3.8) is 0 Å². The maximum Gasteiger partial charge on any atom is 0.221 e. The molecule has 0 aliphatic rings. The Hall–Kier alpha value is -2.66. The number of aromatic nitrogens is 2. The van der Waals surface area contributed by atoms with E-state index in [1.165, 1.54) is 18.2 Å². The first-order valence-electron chi connectivity index (χ1n) is 6.42. The van der Waals surface area contributed by atoms with Gasteiger partial charge in [0.2, 0.25) is 5.95 Å². The molecule has 0 unspecified atom stereocenters. The molecular formula is C16H11ClFN3O. The molecule has 0 bridgehead atoms. The van der Waals surface area contributed by atoms with Crippen molar-refractivity contribution in [3.8, 4) is 28.3 Å². The summed E-state index contributed by atoms with van der Waals surface area (Å²) in [6.45, 7) is 0. The SMILES string of the molecule is Nc1nc(-c2ccc(Cl)cc2)cc(-c2cc(F)ccc2O)n1. The van der Waals surface area contributed by atoms with Gasteiger partial charge in [-0.3, -0.25) is 0 Å². The lowest BCUT2D eigenvalue weighted by molar-refractivity contribution is 0.475. The molecule has 3 aromatic rings. The molecule has 0 spiro atoms. The molecular weight excluding hydrogens is 305 g/mol. The largest absolute Gasteiger partial charge is 0.507 e. The second kappa shape index (κ2) is 5.61. The van der Waals surface area contributed by atoms with Crippen LogP contribution < -0.4 is 5.73 Å². The number of halogens is 2. The fourth-order valence-corrected chi connectivity index (χ4v) is 2.21. The Morgan fingerprint density at radius 1 is 0.955 bits per heavy atom. The van der Waals surface area contributed by atoms with Gasteiger partial charge < -0.3 is 10.8 Å². The minimum absolute atomic E-state index is 0.0334. The Labute approximate surface area is 131 Å². The summed E-state index contributed by atoms with van der Waals surface area (Å²) < 4.78 is 13.4. The number of phenols is 1. The number of hydrogen-bond acceptors (Lipinski definition) is 4. The molecule has 22 heavy (non-hydrogen) atoms. The molecule has 0 aliphatic heterocycles. The number of hydrogen-bond donors (Lipinski definition) is 2. The van der Waals surface area contributed by atoms with Crippen LogP contribution in [0, 0.1) is 5.82 Å². The first-order chi connectivity index (χ1) is 10.5. The molecule has 0 radical (unpaired) electrons. The van der Waals surface area contributed by atoms with Crippen LogP contribution in [0.1, 0.15) is 0 Å². The van der Waals surface area contributed by atoms with Crippen molar-refractivity contribution in [2.45, 2.75) is 0 Å². The summed E-state index contributed by atoms with van der Waals surface area (Å²) in [4.78, 5) is 8.22. The van der Waals surface area contributed by atoms with E-state index in [4.69, 9.17) is 17.3 Å². The Kier molecular flexibility index (Phi) is 3.65. The second-order valence-corrected chi connectivity index (χ2v) is 5.10. The third-order valence-electron chi connectivity index (χ3n) is 3.12. The number of phenolic OH excluding ortho intramolecular Hbond substituents is 1. The normalized spacial score (nSPS) is 10.6. The Bertz CT molecular complexity index is 837. The Balaban J connectivity index is 2.14. The lowest BCUT2D eigenvalue weighted by Crippen LogP contribution is -1.99. The van der Waals surface area contributed by atoms with Crippen LogP contribution in [-0.4, -0.2) is 15.1 Å². The minimum atomic E-state index is -0.474. The van der Waals surface area contributed by atoms with Crippen LogP contribution >= 0.6 is 11.6 Å². The number of rotatable bonds is 2. The van der Waals surface area contributed by atoms with Crippen molar-refractivity contribution in [2.24, 2.45) is 0 Å². The summed E-state index contributed by atoms with van der Waals surface area (Å²) in [5.41, 5.74) is 7.67. The minimum Gasteiger partial charge on any atom is -0.507 e. The molecule has 0 atom stereocenters. The highest BCUT2D eigenvalue weighted by Crippen LogP contribution is 2.31. The average Bonchev–Trinajstić information content (AvgIpc) is 2.50. The molecule has 3 rings (SSSR count). The van der Waals surface area contributed by atoms with Gasteiger partial charge >= 0.3 is 0 Å². The summed E-state index contributed by atoms with van der Waals surface area (Å²) in [7, 11) is 0. The van der Waals surface area contributed by atoms with Crippen molar-refractivity contribution in [1.29, 1.82) is 0 Å². The lowest BCUT2D eigenvalue weighted by Gasteiger charge is -2.08. The maximum absolute atomic E-state index is 13.4. The van der Waals surface area contributed by atoms with E-state index in [1.807, 2.05) is 0 Å². The highest BCUT2D eigenvalue weighted by Gasteiger charge is 2.11. The highest BCUT2D eigenvalue weighted by atomic mass is 35.5. The number of benzene rings is 2. The zero-order valence-electron chi connectivity index (χ0n) is 11.3. The van der Waals surface area contributed by atoms with E-state index in [9.17, 15) is 9.50 Å². The summed E-state index contributed by atoms with van der Waals surface area (Å²) in [5.74, 6) is -0.523. The molecule has 110 valence electrons. The predicted molar refractivity (Wildman–Crippen MR) is 83.9 cm³/mol. The number of nitrogens with two attached hydrogens (primary N) is 1. The Morgan fingerprint density at radius 2 is 1.64 bits per heavy atom. The molecule has 2 aromatic carbocycles. The molecule has 0 saturated heterocycles. The van der Waals surface area contributed by atoms with Crippen molar-refractivity contribution < 1.29 is 9.50 Å². The third kappa shape index (κ3) is 2.84. The molecule has 1 aromatic heterocycles. The molecule has 0 aliphatic carbocycles. The number of aromatic hydroxyl groups is 1. The van der Waals surface area contributed by atoms with Gasteiger partial charge in [0.25, 0.3) is 0 Å². The molecule has 1 heterocycles. The molecule has 4 nitrogen and oxygen atoms in total. The summed E-state index contributed by atoms with van der Waals surface area (Å²) in [6, 6.07) is 12.3. The second-order valence-electron chi connectivity index (χ2n) is 4.66. The summed E-state index contributed by atoms with van der Waals surface area (Å²) >= 11 is 5.86. The van der Waals surface area contributed by atoms with E-state index in [0.717, 1.165) is 5.56 Å². The van der Waals surface area contributed by atoms with Crippen LogP contribution in [0.3, 0.4) is 0 Å². The fourth-order valence-electron chi connectivity index (χ4n) is 2.09. The van der Waals surface area contributed by atoms with E-state index < -0.39 is 5.82 Å². The first-order valence-corrected chi connectivity index (χ1v) is 6.80.